The maximum atomic E-state index is 12.9. The van der Waals surface area contributed by atoms with Crippen LogP contribution in [0.4, 0.5) is 5.00 Å². The third-order valence-corrected chi connectivity index (χ3v) is 6.44. The van der Waals surface area contributed by atoms with Gasteiger partial charge in [-0.05, 0) is 30.5 Å². The summed E-state index contributed by atoms with van der Waals surface area (Å²) in [4.78, 5) is 36.6. The van der Waals surface area contributed by atoms with Gasteiger partial charge in [-0.15, -0.1) is 11.3 Å². The fraction of sp³-hybridized carbons (Fsp3) is 0.316. The van der Waals surface area contributed by atoms with Crippen molar-refractivity contribution in [3.63, 3.8) is 0 Å². The molecule has 2 amide bonds. The van der Waals surface area contributed by atoms with Crippen molar-refractivity contribution < 1.29 is 24.2 Å². The van der Waals surface area contributed by atoms with E-state index in [1.165, 1.54) is 11.3 Å². The van der Waals surface area contributed by atoms with Crippen molar-refractivity contribution in [3.8, 4) is 11.1 Å². The number of carbonyl (C=O) groups is 3. The van der Waals surface area contributed by atoms with Crippen molar-refractivity contribution in [1.29, 1.82) is 0 Å². The Hall–Kier alpha value is -2.42. The minimum absolute atomic E-state index is 0.191. The number of hydrogen-bond acceptors (Lipinski definition) is 5. The molecule has 9 heteroatoms. The number of carboxylic acid groups (broad SMARTS) is 1. The molecule has 0 aliphatic carbocycles. The summed E-state index contributed by atoms with van der Waals surface area (Å²) in [6.07, 6.45) is 0.425. The zero-order valence-electron chi connectivity index (χ0n) is 14.6. The number of carbonyl (C=O) groups excluding carboxylic acids is 2. The number of benzene rings is 1. The molecule has 7 nitrogen and oxygen atoms in total. The van der Waals surface area contributed by atoms with Crippen LogP contribution in [0.25, 0.3) is 11.1 Å². The average molecular weight is 421 g/mol. The van der Waals surface area contributed by atoms with Crippen LogP contribution in [0.5, 0.6) is 0 Å². The van der Waals surface area contributed by atoms with Crippen molar-refractivity contribution in [2.24, 2.45) is 17.6 Å². The van der Waals surface area contributed by atoms with Gasteiger partial charge in [-0.25, -0.2) is 0 Å². The number of carboxylic acids is 1. The van der Waals surface area contributed by atoms with Crippen LogP contribution in [0.1, 0.15) is 23.2 Å². The summed E-state index contributed by atoms with van der Waals surface area (Å²) in [5.74, 6) is -3.87. The topological polar surface area (TPSA) is 119 Å². The van der Waals surface area contributed by atoms with E-state index in [1.54, 1.807) is 29.6 Å². The molecule has 3 heterocycles. The van der Waals surface area contributed by atoms with Crippen LogP contribution in [0.2, 0.25) is 5.02 Å². The third-order valence-electron chi connectivity index (χ3n) is 5.29. The predicted octanol–water partition coefficient (Wildman–Crippen LogP) is 2.98. The largest absolute Gasteiger partial charge is 0.481 e. The first-order valence-corrected chi connectivity index (χ1v) is 9.99. The Balaban J connectivity index is 1.63. The van der Waals surface area contributed by atoms with Gasteiger partial charge in [0.05, 0.1) is 29.6 Å². The Labute approximate surface area is 169 Å². The second-order valence-electron chi connectivity index (χ2n) is 6.89. The highest BCUT2D eigenvalue weighted by Gasteiger charge is 2.55. The van der Waals surface area contributed by atoms with Gasteiger partial charge in [-0.2, -0.15) is 0 Å². The van der Waals surface area contributed by atoms with Gasteiger partial charge in [-0.3, -0.25) is 14.4 Å². The number of amides is 2. The number of nitrogens with two attached hydrogens (primary N) is 1. The second-order valence-corrected chi connectivity index (χ2v) is 8.21. The third kappa shape index (κ3) is 3.17. The van der Waals surface area contributed by atoms with E-state index in [9.17, 15) is 19.5 Å². The molecule has 0 saturated carbocycles. The van der Waals surface area contributed by atoms with Crippen LogP contribution in [-0.4, -0.2) is 35.1 Å². The molecule has 0 radical (unpaired) electrons. The van der Waals surface area contributed by atoms with E-state index in [4.69, 9.17) is 22.1 Å². The Kier molecular flexibility index (Phi) is 4.86. The van der Waals surface area contributed by atoms with Gasteiger partial charge < -0.3 is 20.9 Å². The molecule has 2 fully saturated rings. The summed E-state index contributed by atoms with van der Waals surface area (Å²) in [5.41, 5.74) is 7.08. The quantitative estimate of drug-likeness (QED) is 0.687. The molecule has 146 valence electrons. The second kappa shape index (κ2) is 7.20. The molecule has 4 rings (SSSR count). The first kappa shape index (κ1) is 18.9. The molecular weight excluding hydrogens is 404 g/mol. The number of primary amides is 1. The van der Waals surface area contributed by atoms with E-state index in [2.05, 4.69) is 5.32 Å². The molecule has 1 aromatic heterocycles. The van der Waals surface area contributed by atoms with Crippen LogP contribution in [0.3, 0.4) is 0 Å². The summed E-state index contributed by atoms with van der Waals surface area (Å²) >= 11 is 7.08. The Morgan fingerprint density at radius 3 is 2.39 bits per heavy atom. The molecule has 0 spiro atoms. The maximum Gasteiger partial charge on any atom is 0.310 e. The molecular formula is C19H17ClN2O5S. The zero-order chi connectivity index (χ0) is 20.0. The Morgan fingerprint density at radius 1 is 1.14 bits per heavy atom. The fourth-order valence-corrected chi connectivity index (χ4v) is 5.16. The van der Waals surface area contributed by atoms with Crippen molar-refractivity contribution in [2.75, 3.05) is 5.32 Å². The highest BCUT2D eigenvalue weighted by molar-refractivity contribution is 7.15. The van der Waals surface area contributed by atoms with Crippen molar-refractivity contribution >= 4 is 45.7 Å². The number of hydrogen-bond donors (Lipinski definition) is 3. The summed E-state index contributed by atoms with van der Waals surface area (Å²) in [6, 6.07) is 6.91. The van der Waals surface area contributed by atoms with Gasteiger partial charge in [0.1, 0.15) is 5.00 Å². The van der Waals surface area contributed by atoms with E-state index in [0.717, 1.165) is 5.56 Å². The van der Waals surface area contributed by atoms with Crippen LogP contribution in [-0.2, 0) is 14.3 Å². The number of thiophene rings is 1. The van der Waals surface area contributed by atoms with E-state index < -0.39 is 41.8 Å². The van der Waals surface area contributed by atoms with Crippen molar-refractivity contribution in [3.05, 3.63) is 40.2 Å². The first-order valence-electron chi connectivity index (χ1n) is 8.73. The Morgan fingerprint density at radius 2 is 1.79 bits per heavy atom. The van der Waals surface area contributed by atoms with Crippen LogP contribution in [0.15, 0.2) is 29.6 Å². The summed E-state index contributed by atoms with van der Waals surface area (Å²) in [5, 5.41) is 14.8. The van der Waals surface area contributed by atoms with Crippen molar-refractivity contribution in [2.45, 2.75) is 25.0 Å². The van der Waals surface area contributed by atoms with Gasteiger partial charge in [0.25, 0.3) is 5.91 Å². The number of anilines is 1. The summed E-state index contributed by atoms with van der Waals surface area (Å²) in [7, 11) is 0. The lowest BCUT2D eigenvalue weighted by Gasteiger charge is -2.23. The van der Waals surface area contributed by atoms with Crippen LogP contribution in [0, 0.1) is 11.8 Å². The molecule has 2 aromatic rings. The highest BCUT2D eigenvalue weighted by Crippen LogP contribution is 2.45. The van der Waals surface area contributed by atoms with Crippen molar-refractivity contribution in [1.82, 2.24) is 0 Å². The van der Waals surface area contributed by atoms with Gasteiger partial charge in [-0.1, -0.05) is 23.7 Å². The normalized spacial score (nSPS) is 25.6. The van der Waals surface area contributed by atoms with E-state index in [1.807, 2.05) is 0 Å². The lowest BCUT2D eigenvalue weighted by atomic mass is 9.78. The smallest absolute Gasteiger partial charge is 0.310 e. The van der Waals surface area contributed by atoms with E-state index in [0.29, 0.717) is 28.4 Å². The zero-order valence-corrected chi connectivity index (χ0v) is 16.1. The molecule has 4 atom stereocenters. The number of aliphatic carboxylic acids is 1. The minimum Gasteiger partial charge on any atom is -0.481 e. The molecule has 0 unspecified atom stereocenters. The van der Waals surface area contributed by atoms with Gasteiger partial charge in [0.15, 0.2) is 0 Å². The molecule has 2 aliphatic heterocycles. The number of rotatable bonds is 5. The lowest BCUT2D eigenvalue weighted by Crippen LogP contribution is -2.41. The van der Waals surface area contributed by atoms with Gasteiger partial charge in [0, 0.05) is 16.0 Å². The molecule has 2 saturated heterocycles. The van der Waals surface area contributed by atoms with E-state index in [-0.39, 0.29) is 5.56 Å². The van der Waals surface area contributed by atoms with Gasteiger partial charge in [0.2, 0.25) is 5.91 Å². The number of nitrogens with one attached hydrogen (secondary N) is 1. The standard InChI is InChI=1S/C19H17ClN2O5S/c20-9-3-1-8(2-4-9)10-7-28-18(13(10)16(21)23)22-17(24)14-11-5-6-12(27-11)15(14)19(25)26/h1-4,7,11-12,14-15H,5-6H2,(H2,21,23)(H,22,24)(H,25,26)/t11-,12-,14+,15+/m1/s1. The molecule has 1 aromatic carbocycles. The molecule has 2 bridgehead atoms. The number of halogens is 1. The fourth-order valence-electron chi connectivity index (χ4n) is 4.06. The van der Waals surface area contributed by atoms with E-state index >= 15 is 0 Å². The minimum atomic E-state index is -1.05. The predicted molar refractivity (Wildman–Crippen MR) is 104 cm³/mol. The number of ether oxygens (including phenoxy) is 1. The SMILES string of the molecule is NC(=O)c1c(-c2ccc(Cl)cc2)csc1NC(=O)[C@@H]1[C@@H](C(=O)O)[C@H]2CC[C@H]1O2. The highest BCUT2D eigenvalue weighted by atomic mass is 35.5. The lowest BCUT2D eigenvalue weighted by molar-refractivity contribution is -0.147. The molecule has 28 heavy (non-hydrogen) atoms. The summed E-state index contributed by atoms with van der Waals surface area (Å²) < 4.78 is 5.64. The Bertz CT molecular complexity index is 958. The van der Waals surface area contributed by atoms with Gasteiger partial charge >= 0.3 is 5.97 Å². The molecule has 2 aliphatic rings. The first-order chi connectivity index (χ1) is 13.4. The van der Waals surface area contributed by atoms with Crippen LogP contribution >= 0.6 is 22.9 Å². The average Bonchev–Trinajstić information content (AvgIpc) is 3.35. The summed E-state index contributed by atoms with van der Waals surface area (Å²) in [6.45, 7) is 0. The molecule has 4 N–H and O–H groups in total. The van der Waals surface area contributed by atoms with Crippen LogP contribution < -0.4 is 11.1 Å². The number of fused-ring (bicyclic) bond motifs is 2. The monoisotopic (exact) mass is 420 g/mol. The maximum absolute atomic E-state index is 12.9.